The van der Waals surface area contributed by atoms with Crippen molar-refractivity contribution in [2.75, 3.05) is 5.32 Å². The van der Waals surface area contributed by atoms with Gasteiger partial charge in [0.05, 0.1) is 0 Å². The summed E-state index contributed by atoms with van der Waals surface area (Å²) in [5.41, 5.74) is 2.18. The highest BCUT2D eigenvalue weighted by molar-refractivity contribution is 7.13. The fourth-order valence-electron chi connectivity index (χ4n) is 2.02. The summed E-state index contributed by atoms with van der Waals surface area (Å²) in [7, 11) is 0. The molecule has 0 fully saturated rings. The molecular formula is C17H18N4S. The minimum atomic E-state index is 0.106. The first kappa shape index (κ1) is 14.7. The zero-order valence-electron chi connectivity index (χ0n) is 12.9. The molecule has 22 heavy (non-hydrogen) atoms. The molecular weight excluding hydrogens is 292 g/mol. The SMILES string of the molecule is CC(C)(C)c1ccc(Nc2cccc(-c3nccs3)n2)nc1. The second kappa shape index (κ2) is 5.85. The van der Waals surface area contributed by atoms with Crippen LogP contribution in [0, 0.1) is 0 Å². The van der Waals surface area contributed by atoms with Crippen LogP contribution < -0.4 is 5.32 Å². The maximum atomic E-state index is 4.58. The number of aromatic nitrogens is 3. The molecule has 3 aromatic heterocycles. The van der Waals surface area contributed by atoms with E-state index in [1.54, 1.807) is 17.5 Å². The van der Waals surface area contributed by atoms with Gasteiger partial charge in [-0.3, -0.25) is 0 Å². The van der Waals surface area contributed by atoms with Crippen molar-refractivity contribution in [3.63, 3.8) is 0 Å². The van der Waals surface area contributed by atoms with E-state index < -0.39 is 0 Å². The van der Waals surface area contributed by atoms with Crippen molar-refractivity contribution in [2.45, 2.75) is 26.2 Å². The van der Waals surface area contributed by atoms with Crippen molar-refractivity contribution in [3.05, 3.63) is 53.7 Å². The van der Waals surface area contributed by atoms with Crippen molar-refractivity contribution in [1.29, 1.82) is 0 Å². The van der Waals surface area contributed by atoms with Crippen LogP contribution in [0.2, 0.25) is 0 Å². The predicted molar refractivity (Wildman–Crippen MR) is 91.6 cm³/mol. The first-order valence-corrected chi connectivity index (χ1v) is 8.01. The van der Waals surface area contributed by atoms with Crippen molar-refractivity contribution in [2.24, 2.45) is 0 Å². The minimum Gasteiger partial charge on any atom is -0.325 e. The van der Waals surface area contributed by atoms with E-state index in [4.69, 9.17) is 0 Å². The largest absolute Gasteiger partial charge is 0.325 e. The fraction of sp³-hybridized carbons (Fsp3) is 0.235. The quantitative estimate of drug-likeness (QED) is 0.765. The zero-order valence-corrected chi connectivity index (χ0v) is 13.7. The Hall–Kier alpha value is -2.27. The standard InChI is InChI=1S/C17H18N4S/c1-17(2,3)12-7-8-14(19-11-12)21-15-6-4-5-13(20-15)16-18-9-10-22-16/h4-11H,1-3H3,(H,19,20,21). The van der Waals surface area contributed by atoms with Gasteiger partial charge in [-0.2, -0.15) is 0 Å². The number of pyridine rings is 2. The van der Waals surface area contributed by atoms with Crippen LogP contribution in [0.15, 0.2) is 48.1 Å². The van der Waals surface area contributed by atoms with Crippen LogP contribution in [0.4, 0.5) is 11.6 Å². The molecule has 0 saturated heterocycles. The number of anilines is 2. The zero-order chi connectivity index (χ0) is 15.6. The highest BCUT2D eigenvalue weighted by atomic mass is 32.1. The van der Waals surface area contributed by atoms with Gasteiger partial charge in [-0.25, -0.2) is 15.0 Å². The molecule has 0 aliphatic heterocycles. The van der Waals surface area contributed by atoms with Crippen molar-refractivity contribution in [1.82, 2.24) is 15.0 Å². The molecule has 0 aromatic carbocycles. The van der Waals surface area contributed by atoms with Gasteiger partial charge < -0.3 is 5.32 Å². The van der Waals surface area contributed by atoms with Crippen LogP contribution in [0.1, 0.15) is 26.3 Å². The third-order valence-electron chi connectivity index (χ3n) is 3.29. The van der Waals surface area contributed by atoms with E-state index in [-0.39, 0.29) is 5.41 Å². The Kier molecular flexibility index (Phi) is 3.90. The molecule has 0 aliphatic rings. The summed E-state index contributed by atoms with van der Waals surface area (Å²) in [4.78, 5) is 13.3. The monoisotopic (exact) mass is 310 g/mol. The summed E-state index contributed by atoms with van der Waals surface area (Å²) in [6.07, 6.45) is 3.70. The molecule has 0 saturated carbocycles. The first-order valence-electron chi connectivity index (χ1n) is 7.13. The Morgan fingerprint density at radius 1 is 1.00 bits per heavy atom. The van der Waals surface area contributed by atoms with Gasteiger partial charge in [0.1, 0.15) is 22.3 Å². The van der Waals surface area contributed by atoms with Crippen LogP contribution >= 0.6 is 11.3 Å². The lowest BCUT2D eigenvalue weighted by atomic mass is 9.88. The van der Waals surface area contributed by atoms with Crippen LogP contribution in [0.3, 0.4) is 0 Å². The van der Waals surface area contributed by atoms with Gasteiger partial charge in [-0.15, -0.1) is 11.3 Å². The van der Waals surface area contributed by atoms with E-state index in [1.807, 2.05) is 35.8 Å². The smallest absolute Gasteiger partial charge is 0.141 e. The van der Waals surface area contributed by atoms with Gasteiger partial charge in [0.2, 0.25) is 0 Å². The average molecular weight is 310 g/mol. The number of nitrogens with one attached hydrogen (secondary N) is 1. The van der Waals surface area contributed by atoms with Gasteiger partial charge in [-0.1, -0.05) is 32.9 Å². The molecule has 5 heteroatoms. The molecule has 1 N–H and O–H groups in total. The Balaban J connectivity index is 1.80. The van der Waals surface area contributed by atoms with Crippen molar-refractivity contribution in [3.8, 4) is 10.7 Å². The summed E-state index contributed by atoms with van der Waals surface area (Å²) in [5, 5.41) is 6.10. The van der Waals surface area contributed by atoms with E-state index in [0.29, 0.717) is 0 Å². The van der Waals surface area contributed by atoms with Gasteiger partial charge in [0, 0.05) is 17.8 Å². The van der Waals surface area contributed by atoms with Gasteiger partial charge in [0.25, 0.3) is 0 Å². The van der Waals surface area contributed by atoms with E-state index in [1.165, 1.54) is 5.56 Å². The summed E-state index contributed by atoms with van der Waals surface area (Å²) >= 11 is 1.58. The Labute approximate surface area is 134 Å². The Bertz CT molecular complexity index is 743. The molecule has 0 aliphatic carbocycles. The molecule has 0 radical (unpaired) electrons. The fourth-order valence-corrected chi connectivity index (χ4v) is 2.62. The maximum Gasteiger partial charge on any atom is 0.141 e. The summed E-state index contributed by atoms with van der Waals surface area (Å²) in [6, 6.07) is 9.94. The third-order valence-corrected chi connectivity index (χ3v) is 4.08. The van der Waals surface area contributed by atoms with Crippen LogP contribution in [-0.2, 0) is 5.41 Å². The maximum absolute atomic E-state index is 4.58. The molecule has 0 atom stereocenters. The molecule has 112 valence electrons. The lowest BCUT2D eigenvalue weighted by molar-refractivity contribution is 0.587. The molecule has 3 rings (SSSR count). The third kappa shape index (κ3) is 3.31. The second-order valence-corrected chi connectivity index (χ2v) is 6.95. The minimum absolute atomic E-state index is 0.106. The summed E-state index contributed by atoms with van der Waals surface area (Å²) in [5.74, 6) is 1.56. The predicted octanol–water partition coefficient (Wildman–Crippen LogP) is 4.64. The van der Waals surface area contributed by atoms with Crippen molar-refractivity contribution >= 4 is 23.0 Å². The molecule has 0 amide bonds. The number of hydrogen-bond donors (Lipinski definition) is 1. The molecule has 0 bridgehead atoms. The Morgan fingerprint density at radius 2 is 1.86 bits per heavy atom. The van der Waals surface area contributed by atoms with Gasteiger partial charge in [0.15, 0.2) is 0 Å². The highest BCUT2D eigenvalue weighted by Crippen LogP contribution is 2.24. The Morgan fingerprint density at radius 3 is 2.50 bits per heavy atom. The van der Waals surface area contributed by atoms with E-state index in [2.05, 4.69) is 47.1 Å². The molecule has 3 aromatic rings. The second-order valence-electron chi connectivity index (χ2n) is 6.05. The normalized spacial score (nSPS) is 11.4. The average Bonchev–Trinajstić information content (AvgIpc) is 3.01. The molecule has 3 heterocycles. The lowest BCUT2D eigenvalue weighted by Crippen LogP contribution is -2.11. The number of rotatable bonds is 3. The van der Waals surface area contributed by atoms with E-state index >= 15 is 0 Å². The summed E-state index contributed by atoms with van der Waals surface area (Å²) < 4.78 is 0. The van der Waals surface area contributed by atoms with Gasteiger partial charge in [-0.05, 0) is 29.2 Å². The topological polar surface area (TPSA) is 50.7 Å². The van der Waals surface area contributed by atoms with Crippen molar-refractivity contribution < 1.29 is 0 Å². The molecule has 4 nitrogen and oxygen atoms in total. The number of thiazole rings is 1. The van der Waals surface area contributed by atoms with Crippen LogP contribution in [0.25, 0.3) is 10.7 Å². The summed E-state index contributed by atoms with van der Waals surface area (Å²) in [6.45, 7) is 6.53. The molecule has 0 unspecified atom stereocenters. The van der Waals surface area contributed by atoms with Crippen LogP contribution in [-0.4, -0.2) is 15.0 Å². The number of nitrogens with zero attached hydrogens (tertiary/aromatic N) is 3. The van der Waals surface area contributed by atoms with E-state index in [9.17, 15) is 0 Å². The highest BCUT2D eigenvalue weighted by Gasteiger charge is 2.13. The van der Waals surface area contributed by atoms with E-state index in [0.717, 1.165) is 22.3 Å². The van der Waals surface area contributed by atoms with Crippen LogP contribution in [0.5, 0.6) is 0 Å². The lowest BCUT2D eigenvalue weighted by Gasteiger charge is -2.18. The molecule has 0 spiro atoms. The number of hydrogen-bond acceptors (Lipinski definition) is 5. The first-order chi connectivity index (χ1) is 10.5. The van der Waals surface area contributed by atoms with Gasteiger partial charge >= 0.3 is 0 Å².